The van der Waals surface area contributed by atoms with Crippen LogP contribution in [0.25, 0.3) is 0 Å². The molecule has 7 nitrogen and oxygen atoms in total. The molecule has 0 saturated carbocycles. The number of aromatic nitrogens is 2. The van der Waals surface area contributed by atoms with E-state index in [1.165, 1.54) is 0 Å². The Morgan fingerprint density at radius 2 is 1.83 bits per heavy atom. The van der Waals surface area contributed by atoms with E-state index in [-0.39, 0.29) is 11.8 Å². The average Bonchev–Trinajstić information content (AvgIpc) is 2.53. The highest BCUT2D eigenvalue weighted by Crippen LogP contribution is 2.22. The predicted octanol–water partition coefficient (Wildman–Crippen LogP) is 1.68. The van der Waals surface area contributed by atoms with Gasteiger partial charge in [0.1, 0.15) is 5.54 Å². The molecule has 0 bridgehead atoms. The van der Waals surface area contributed by atoms with E-state index in [0.717, 1.165) is 11.4 Å². The molecule has 2 N–H and O–H groups in total. The van der Waals surface area contributed by atoms with E-state index in [2.05, 4.69) is 20.2 Å². The van der Waals surface area contributed by atoms with Crippen LogP contribution in [0.5, 0.6) is 0 Å². The summed E-state index contributed by atoms with van der Waals surface area (Å²) in [5.41, 5.74) is 0.653. The molecule has 1 atom stereocenters. The van der Waals surface area contributed by atoms with Crippen LogP contribution in [-0.2, 0) is 9.59 Å². The lowest BCUT2D eigenvalue weighted by atomic mass is 9.92. The second-order valence-corrected chi connectivity index (χ2v) is 6.69. The molecule has 1 aliphatic rings. The highest BCUT2D eigenvalue weighted by atomic mass is 16.4. The summed E-state index contributed by atoms with van der Waals surface area (Å²) in [6, 6.07) is 1.93. The minimum Gasteiger partial charge on any atom is -0.480 e. The van der Waals surface area contributed by atoms with Crippen molar-refractivity contribution in [1.82, 2.24) is 15.3 Å². The van der Waals surface area contributed by atoms with Gasteiger partial charge in [0.2, 0.25) is 11.9 Å². The van der Waals surface area contributed by atoms with Gasteiger partial charge in [-0.15, -0.1) is 0 Å². The molecule has 1 aromatic heterocycles. The number of piperidine rings is 1. The first-order chi connectivity index (χ1) is 11.2. The van der Waals surface area contributed by atoms with Gasteiger partial charge in [0.05, 0.1) is 0 Å². The van der Waals surface area contributed by atoms with Crippen LogP contribution in [0.3, 0.4) is 0 Å². The lowest BCUT2D eigenvalue weighted by Crippen LogP contribution is -2.54. The number of carboxylic acid groups (broad SMARTS) is 1. The molecule has 1 aliphatic heterocycles. The van der Waals surface area contributed by atoms with E-state index in [0.29, 0.717) is 38.3 Å². The van der Waals surface area contributed by atoms with Crippen LogP contribution in [-0.4, -0.2) is 45.6 Å². The maximum absolute atomic E-state index is 12.4. The smallest absolute Gasteiger partial charge is 0.329 e. The van der Waals surface area contributed by atoms with Gasteiger partial charge < -0.3 is 15.3 Å². The first-order valence-corrected chi connectivity index (χ1v) is 8.38. The molecule has 132 valence electrons. The fraction of sp³-hybridized carbons (Fsp3) is 0.647. The molecule has 2 heterocycles. The number of aliphatic carboxylic acids is 1. The third-order valence-corrected chi connectivity index (χ3v) is 4.70. The molecule has 0 aliphatic carbocycles. The maximum Gasteiger partial charge on any atom is 0.329 e. The number of rotatable bonds is 5. The van der Waals surface area contributed by atoms with Gasteiger partial charge in [-0.2, -0.15) is 0 Å². The molecule has 1 saturated heterocycles. The Morgan fingerprint density at radius 3 is 2.29 bits per heavy atom. The molecule has 1 aromatic rings. The fourth-order valence-corrected chi connectivity index (χ4v) is 2.86. The number of amides is 1. The lowest BCUT2D eigenvalue weighted by Gasteiger charge is -2.33. The van der Waals surface area contributed by atoms with Gasteiger partial charge >= 0.3 is 5.97 Å². The zero-order chi connectivity index (χ0) is 17.9. The fourth-order valence-electron chi connectivity index (χ4n) is 2.86. The van der Waals surface area contributed by atoms with Gasteiger partial charge in [0.25, 0.3) is 0 Å². The summed E-state index contributed by atoms with van der Waals surface area (Å²) >= 11 is 0. The third-order valence-electron chi connectivity index (χ3n) is 4.70. The first-order valence-electron chi connectivity index (χ1n) is 8.38. The molecule has 2 rings (SSSR count). The topological polar surface area (TPSA) is 95.4 Å². The zero-order valence-corrected chi connectivity index (χ0v) is 14.8. The number of hydrogen-bond acceptors (Lipinski definition) is 5. The Balaban J connectivity index is 1.97. The second-order valence-electron chi connectivity index (χ2n) is 6.69. The Hall–Kier alpha value is -2.18. The maximum atomic E-state index is 12.4. The van der Waals surface area contributed by atoms with Crippen LogP contribution in [0.1, 0.15) is 44.5 Å². The highest BCUT2D eigenvalue weighted by molar-refractivity contribution is 5.87. The van der Waals surface area contributed by atoms with E-state index in [9.17, 15) is 14.7 Å². The summed E-state index contributed by atoms with van der Waals surface area (Å²) in [4.78, 5) is 34.7. The van der Waals surface area contributed by atoms with Crippen molar-refractivity contribution in [3.63, 3.8) is 0 Å². The Labute approximate surface area is 142 Å². The standard InChI is InChI=1S/C17H26N4O3/c1-5-17(4,15(23)24)20-14(22)13-6-8-21(9-7-13)16-18-11(2)10-12(3)19-16/h10,13H,5-9H2,1-4H3,(H,20,22)(H,23,24). The molecule has 1 unspecified atom stereocenters. The molecule has 7 heteroatoms. The van der Waals surface area contributed by atoms with Crippen molar-refractivity contribution in [2.45, 2.75) is 52.5 Å². The molecule has 0 spiro atoms. The minimum absolute atomic E-state index is 0.169. The van der Waals surface area contributed by atoms with Gasteiger partial charge in [-0.25, -0.2) is 14.8 Å². The quantitative estimate of drug-likeness (QED) is 0.850. The van der Waals surface area contributed by atoms with E-state index in [1.807, 2.05) is 19.9 Å². The monoisotopic (exact) mass is 334 g/mol. The SMILES string of the molecule is CCC(C)(NC(=O)C1CCN(c2nc(C)cc(C)n2)CC1)C(=O)O. The summed E-state index contributed by atoms with van der Waals surface area (Å²) in [6.07, 6.45) is 1.69. The van der Waals surface area contributed by atoms with Gasteiger partial charge in [0.15, 0.2) is 0 Å². The number of nitrogens with one attached hydrogen (secondary N) is 1. The number of carbonyl (C=O) groups is 2. The van der Waals surface area contributed by atoms with Crippen LogP contribution in [0.2, 0.25) is 0 Å². The molecular formula is C17H26N4O3. The van der Waals surface area contributed by atoms with Crippen molar-refractivity contribution in [2.75, 3.05) is 18.0 Å². The lowest BCUT2D eigenvalue weighted by molar-refractivity contribution is -0.147. The summed E-state index contributed by atoms with van der Waals surface area (Å²) in [7, 11) is 0. The highest BCUT2D eigenvalue weighted by Gasteiger charge is 2.36. The summed E-state index contributed by atoms with van der Waals surface area (Å²) < 4.78 is 0. The predicted molar refractivity (Wildman–Crippen MR) is 90.9 cm³/mol. The number of aryl methyl sites for hydroxylation is 2. The third kappa shape index (κ3) is 4.01. The van der Waals surface area contributed by atoms with E-state index in [4.69, 9.17) is 0 Å². The number of nitrogens with zero attached hydrogens (tertiary/aromatic N) is 3. The molecule has 1 fully saturated rings. The van der Waals surface area contributed by atoms with Crippen LogP contribution < -0.4 is 10.2 Å². The molecule has 24 heavy (non-hydrogen) atoms. The average molecular weight is 334 g/mol. The molecule has 1 amide bonds. The van der Waals surface area contributed by atoms with Gasteiger partial charge in [-0.3, -0.25) is 4.79 Å². The van der Waals surface area contributed by atoms with Gasteiger partial charge in [-0.1, -0.05) is 6.92 Å². The summed E-state index contributed by atoms with van der Waals surface area (Å²) in [6.45, 7) is 8.57. The molecule has 0 aromatic carbocycles. The van der Waals surface area contributed by atoms with Crippen LogP contribution >= 0.6 is 0 Å². The van der Waals surface area contributed by atoms with Gasteiger partial charge in [-0.05, 0) is 46.1 Å². The normalized spacial score (nSPS) is 18.1. The van der Waals surface area contributed by atoms with Crippen molar-refractivity contribution in [3.05, 3.63) is 17.5 Å². The van der Waals surface area contributed by atoms with Crippen LogP contribution in [0.15, 0.2) is 6.07 Å². The second kappa shape index (κ2) is 7.15. The molecule has 0 radical (unpaired) electrons. The Kier molecular flexibility index (Phi) is 5.41. The Morgan fingerprint density at radius 1 is 1.29 bits per heavy atom. The summed E-state index contributed by atoms with van der Waals surface area (Å²) in [5, 5.41) is 12.0. The van der Waals surface area contributed by atoms with E-state index in [1.54, 1.807) is 13.8 Å². The Bertz CT molecular complexity index is 606. The number of carbonyl (C=O) groups excluding carboxylic acids is 1. The van der Waals surface area contributed by atoms with Crippen molar-refractivity contribution >= 4 is 17.8 Å². The minimum atomic E-state index is -1.20. The number of hydrogen-bond donors (Lipinski definition) is 2. The van der Waals surface area contributed by atoms with Crippen molar-refractivity contribution in [2.24, 2.45) is 5.92 Å². The largest absolute Gasteiger partial charge is 0.480 e. The van der Waals surface area contributed by atoms with E-state index >= 15 is 0 Å². The zero-order valence-electron chi connectivity index (χ0n) is 14.8. The first kappa shape index (κ1) is 18.2. The van der Waals surface area contributed by atoms with Crippen molar-refractivity contribution < 1.29 is 14.7 Å². The number of carboxylic acids is 1. The van der Waals surface area contributed by atoms with Crippen LogP contribution in [0.4, 0.5) is 5.95 Å². The number of anilines is 1. The summed E-state index contributed by atoms with van der Waals surface area (Å²) in [5.74, 6) is -0.644. The van der Waals surface area contributed by atoms with Crippen LogP contribution in [0, 0.1) is 19.8 Å². The van der Waals surface area contributed by atoms with Crippen molar-refractivity contribution in [3.8, 4) is 0 Å². The molecular weight excluding hydrogens is 308 g/mol. The van der Waals surface area contributed by atoms with E-state index < -0.39 is 11.5 Å². The van der Waals surface area contributed by atoms with Crippen molar-refractivity contribution in [1.29, 1.82) is 0 Å². The van der Waals surface area contributed by atoms with Gasteiger partial charge in [0, 0.05) is 30.4 Å².